The highest BCUT2D eigenvalue weighted by molar-refractivity contribution is 5.97. The first kappa shape index (κ1) is 12.9. The largest absolute Gasteiger partial charge is 0.361 e. The highest BCUT2D eigenvalue weighted by Gasteiger charge is 2.54. The molecule has 0 spiro atoms. The fourth-order valence-electron chi connectivity index (χ4n) is 3.62. The number of amides is 1. The summed E-state index contributed by atoms with van der Waals surface area (Å²) >= 11 is 0. The molecule has 1 saturated carbocycles. The zero-order valence-electron chi connectivity index (χ0n) is 12.0. The van der Waals surface area contributed by atoms with Gasteiger partial charge in [0.15, 0.2) is 0 Å². The van der Waals surface area contributed by atoms with E-state index in [0.717, 1.165) is 55.2 Å². The number of likely N-dealkylation sites (tertiary alicyclic amines) is 1. The number of H-pyrrole nitrogens is 1. The first-order chi connectivity index (χ1) is 10.2. The average molecular weight is 286 g/mol. The maximum absolute atomic E-state index is 13.3. The zero-order valence-corrected chi connectivity index (χ0v) is 12.0. The molecule has 0 radical (unpaired) electrons. The molecule has 21 heavy (non-hydrogen) atoms. The predicted molar refractivity (Wildman–Crippen MR) is 79.6 cm³/mol. The van der Waals surface area contributed by atoms with Crippen molar-refractivity contribution in [3.05, 3.63) is 35.8 Å². The SMILES string of the molecule is O=C(N1CCCCC1)C1(c2c[nH]c3cc(F)ccc23)CC1. The predicted octanol–water partition coefficient (Wildman–Crippen LogP) is 3.35. The maximum atomic E-state index is 13.3. The summed E-state index contributed by atoms with van der Waals surface area (Å²) < 4.78 is 13.3. The van der Waals surface area contributed by atoms with Gasteiger partial charge in [0.2, 0.25) is 5.91 Å². The number of fused-ring (bicyclic) bond motifs is 1. The molecule has 1 aromatic carbocycles. The number of aromatic amines is 1. The number of halogens is 1. The Morgan fingerprint density at radius 2 is 1.95 bits per heavy atom. The Hall–Kier alpha value is -1.84. The Balaban J connectivity index is 1.71. The Kier molecular flexibility index (Phi) is 2.81. The van der Waals surface area contributed by atoms with Gasteiger partial charge >= 0.3 is 0 Å². The minimum absolute atomic E-state index is 0.247. The Morgan fingerprint density at radius 1 is 1.19 bits per heavy atom. The van der Waals surface area contributed by atoms with Crippen LogP contribution in [0.15, 0.2) is 24.4 Å². The van der Waals surface area contributed by atoms with Crippen LogP contribution in [0.1, 0.15) is 37.7 Å². The number of hydrogen-bond donors (Lipinski definition) is 1. The summed E-state index contributed by atoms with van der Waals surface area (Å²) in [6.45, 7) is 1.77. The quantitative estimate of drug-likeness (QED) is 0.903. The van der Waals surface area contributed by atoms with Crippen LogP contribution in [-0.2, 0) is 10.2 Å². The molecule has 1 amide bonds. The van der Waals surface area contributed by atoms with Crippen molar-refractivity contribution in [1.29, 1.82) is 0 Å². The van der Waals surface area contributed by atoms with E-state index in [1.807, 2.05) is 11.1 Å². The lowest BCUT2D eigenvalue weighted by molar-refractivity contribution is -0.134. The zero-order chi connectivity index (χ0) is 14.4. The number of nitrogens with zero attached hydrogens (tertiary/aromatic N) is 1. The lowest BCUT2D eigenvalue weighted by atomic mass is 9.93. The first-order valence-electron chi connectivity index (χ1n) is 7.77. The van der Waals surface area contributed by atoms with Gasteiger partial charge in [0.25, 0.3) is 0 Å². The summed E-state index contributed by atoms with van der Waals surface area (Å²) in [5.41, 5.74) is 1.48. The van der Waals surface area contributed by atoms with Crippen LogP contribution in [0.3, 0.4) is 0 Å². The molecule has 4 heteroatoms. The number of carbonyl (C=O) groups excluding carboxylic acids is 1. The van der Waals surface area contributed by atoms with Crippen LogP contribution in [-0.4, -0.2) is 28.9 Å². The third kappa shape index (κ3) is 1.96. The lowest BCUT2D eigenvalue weighted by Gasteiger charge is -2.30. The van der Waals surface area contributed by atoms with E-state index < -0.39 is 0 Å². The number of carbonyl (C=O) groups is 1. The minimum Gasteiger partial charge on any atom is -0.361 e. The van der Waals surface area contributed by atoms with Crippen molar-refractivity contribution in [2.75, 3.05) is 13.1 Å². The van der Waals surface area contributed by atoms with Gasteiger partial charge in [-0.15, -0.1) is 0 Å². The van der Waals surface area contributed by atoms with Gasteiger partial charge in [0, 0.05) is 30.2 Å². The van der Waals surface area contributed by atoms with Crippen LogP contribution in [0, 0.1) is 5.82 Å². The molecule has 2 aliphatic rings. The second kappa shape index (κ2) is 4.58. The van der Waals surface area contributed by atoms with Crippen molar-refractivity contribution < 1.29 is 9.18 Å². The molecule has 4 rings (SSSR count). The molecule has 2 aromatic rings. The number of nitrogens with one attached hydrogen (secondary N) is 1. The molecule has 0 bridgehead atoms. The fraction of sp³-hybridized carbons (Fsp3) is 0.471. The van der Waals surface area contributed by atoms with Crippen LogP contribution in [0.25, 0.3) is 10.9 Å². The third-order valence-corrected chi connectivity index (χ3v) is 4.96. The van der Waals surface area contributed by atoms with E-state index in [9.17, 15) is 9.18 Å². The summed E-state index contributed by atoms with van der Waals surface area (Å²) in [5, 5.41) is 0.985. The van der Waals surface area contributed by atoms with Crippen LogP contribution in [0.4, 0.5) is 4.39 Å². The maximum Gasteiger partial charge on any atom is 0.233 e. The second-order valence-electron chi connectivity index (χ2n) is 6.33. The smallest absolute Gasteiger partial charge is 0.233 e. The molecular weight excluding hydrogens is 267 g/mol. The summed E-state index contributed by atoms with van der Waals surface area (Å²) in [6, 6.07) is 4.77. The molecule has 0 unspecified atom stereocenters. The molecule has 2 fully saturated rings. The van der Waals surface area contributed by atoms with E-state index >= 15 is 0 Å². The molecule has 1 saturated heterocycles. The van der Waals surface area contributed by atoms with Crippen molar-refractivity contribution in [3.8, 4) is 0 Å². The van der Waals surface area contributed by atoms with E-state index in [-0.39, 0.29) is 17.1 Å². The van der Waals surface area contributed by atoms with Gasteiger partial charge in [-0.25, -0.2) is 4.39 Å². The topological polar surface area (TPSA) is 36.1 Å². The van der Waals surface area contributed by atoms with Crippen LogP contribution in [0.5, 0.6) is 0 Å². The van der Waals surface area contributed by atoms with Crippen molar-refractivity contribution in [1.82, 2.24) is 9.88 Å². The van der Waals surface area contributed by atoms with Gasteiger partial charge in [-0.3, -0.25) is 4.79 Å². The molecule has 0 atom stereocenters. The molecule has 1 N–H and O–H groups in total. The van der Waals surface area contributed by atoms with Crippen molar-refractivity contribution in [2.45, 2.75) is 37.5 Å². The van der Waals surface area contributed by atoms with Crippen LogP contribution in [0.2, 0.25) is 0 Å². The Morgan fingerprint density at radius 3 is 2.67 bits per heavy atom. The van der Waals surface area contributed by atoms with Crippen molar-refractivity contribution in [3.63, 3.8) is 0 Å². The third-order valence-electron chi connectivity index (χ3n) is 4.96. The van der Waals surface area contributed by atoms with E-state index in [2.05, 4.69) is 4.98 Å². The van der Waals surface area contributed by atoms with Gasteiger partial charge in [-0.1, -0.05) is 0 Å². The Bertz CT molecular complexity index is 696. The van der Waals surface area contributed by atoms with Crippen LogP contribution < -0.4 is 0 Å². The van der Waals surface area contributed by atoms with Crippen molar-refractivity contribution >= 4 is 16.8 Å². The summed E-state index contributed by atoms with van der Waals surface area (Å²) in [5.74, 6) is 0.0236. The average Bonchev–Trinajstić information content (AvgIpc) is 3.21. The summed E-state index contributed by atoms with van der Waals surface area (Å²) in [6.07, 6.45) is 7.17. The van der Waals surface area contributed by atoms with Gasteiger partial charge in [-0.05, 0) is 55.9 Å². The number of piperidine rings is 1. The standard InChI is InChI=1S/C17H19FN2O/c18-12-4-5-13-14(11-19-15(13)10-12)17(6-7-17)16(21)20-8-2-1-3-9-20/h4-5,10-11,19H,1-3,6-9H2. The van der Waals surface area contributed by atoms with Gasteiger partial charge in [0.1, 0.15) is 5.82 Å². The number of rotatable bonds is 2. The van der Waals surface area contributed by atoms with E-state index in [4.69, 9.17) is 0 Å². The van der Waals surface area contributed by atoms with Crippen molar-refractivity contribution in [2.24, 2.45) is 0 Å². The summed E-state index contributed by atoms with van der Waals surface area (Å²) in [4.78, 5) is 18.1. The lowest BCUT2D eigenvalue weighted by Crippen LogP contribution is -2.42. The van der Waals surface area contributed by atoms with Crippen LogP contribution >= 0.6 is 0 Å². The van der Waals surface area contributed by atoms with Gasteiger partial charge in [-0.2, -0.15) is 0 Å². The normalized spacial score (nSPS) is 20.7. The van der Waals surface area contributed by atoms with E-state index in [1.54, 1.807) is 6.07 Å². The highest BCUT2D eigenvalue weighted by atomic mass is 19.1. The molecule has 3 nitrogen and oxygen atoms in total. The molecule has 2 heterocycles. The van der Waals surface area contributed by atoms with E-state index in [0.29, 0.717) is 0 Å². The molecule has 1 aromatic heterocycles. The monoisotopic (exact) mass is 286 g/mol. The summed E-state index contributed by atoms with van der Waals surface area (Å²) in [7, 11) is 0. The Labute approximate surface area is 123 Å². The highest BCUT2D eigenvalue weighted by Crippen LogP contribution is 2.52. The number of benzene rings is 1. The first-order valence-corrected chi connectivity index (χ1v) is 7.77. The van der Waals surface area contributed by atoms with Gasteiger partial charge < -0.3 is 9.88 Å². The molecule has 110 valence electrons. The fourth-order valence-corrected chi connectivity index (χ4v) is 3.62. The second-order valence-corrected chi connectivity index (χ2v) is 6.33. The molecule has 1 aliphatic carbocycles. The molecular formula is C17H19FN2O. The number of hydrogen-bond acceptors (Lipinski definition) is 1. The van der Waals surface area contributed by atoms with E-state index in [1.165, 1.54) is 18.6 Å². The number of aromatic nitrogens is 1. The molecule has 1 aliphatic heterocycles. The minimum atomic E-state index is -0.354. The van der Waals surface area contributed by atoms with Gasteiger partial charge in [0.05, 0.1) is 5.41 Å².